The summed E-state index contributed by atoms with van der Waals surface area (Å²) in [5.41, 5.74) is 2.63. The van der Waals surface area contributed by atoms with Crippen molar-refractivity contribution in [2.24, 2.45) is 5.41 Å². The van der Waals surface area contributed by atoms with Crippen LogP contribution in [-0.4, -0.2) is 26.2 Å². The number of pyridine rings is 2. The van der Waals surface area contributed by atoms with Gasteiger partial charge < -0.3 is 14.9 Å². The van der Waals surface area contributed by atoms with Crippen molar-refractivity contribution in [3.05, 3.63) is 70.9 Å². The van der Waals surface area contributed by atoms with Crippen molar-refractivity contribution in [1.29, 1.82) is 0 Å². The summed E-state index contributed by atoms with van der Waals surface area (Å²) in [5, 5.41) is 20.1. The van der Waals surface area contributed by atoms with Gasteiger partial charge in [-0.25, -0.2) is 9.97 Å². The Morgan fingerprint density at radius 1 is 0.903 bits per heavy atom. The molecule has 160 valence electrons. The van der Waals surface area contributed by atoms with Gasteiger partial charge in [0, 0.05) is 28.3 Å². The van der Waals surface area contributed by atoms with Crippen LogP contribution in [0.15, 0.2) is 48.5 Å². The first-order valence-corrected chi connectivity index (χ1v) is 10.2. The van der Waals surface area contributed by atoms with E-state index in [1.807, 2.05) is 55.5 Å². The van der Waals surface area contributed by atoms with Crippen molar-refractivity contribution in [2.45, 2.75) is 46.1 Å². The summed E-state index contributed by atoms with van der Waals surface area (Å²) in [5.74, 6) is -0.582. The molecular weight excluding hydrogens is 392 g/mol. The van der Waals surface area contributed by atoms with E-state index in [9.17, 15) is 15.0 Å². The van der Waals surface area contributed by atoms with Gasteiger partial charge in [-0.3, -0.25) is 4.79 Å². The Labute approximate surface area is 181 Å². The van der Waals surface area contributed by atoms with Crippen LogP contribution in [0.2, 0.25) is 0 Å². The highest BCUT2D eigenvalue weighted by molar-refractivity contribution is 5.77. The number of aromatic nitrogens is 2. The molecule has 0 aliphatic carbocycles. The largest absolute Gasteiger partial charge is 0.481 e. The molecule has 3 aromatic rings. The number of carbonyl (C=O) groups is 1. The zero-order chi connectivity index (χ0) is 22.6. The lowest BCUT2D eigenvalue weighted by atomic mass is 9.71. The van der Waals surface area contributed by atoms with Gasteiger partial charge in [-0.05, 0) is 52.3 Å². The van der Waals surface area contributed by atoms with E-state index < -0.39 is 22.9 Å². The fourth-order valence-corrected chi connectivity index (χ4v) is 3.97. The van der Waals surface area contributed by atoms with E-state index in [0.717, 1.165) is 27.9 Å². The Bertz CT molecular complexity index is 1160. The molecule has 3 heterocycles. The van der Waals surface area contributed by atoms with Crippen LogP contribution >= 0.6 is 0 Å². The van der Waals surface area contributed by atoms with Crippen LogP contribution < -0.4 is 4.74 Å². The van der Waals surface area contributed by atoms with Crippen LogP contribution in [-0.2, 0) is 10.4 Å². The predicted octanol–water partition coefficient (Wildman–Crippen LogP) is 5.03. The highest BCUT2D eigenvalue weighted by atomic mass is 16.5. The van der Waals surface area contributed by atoms with E-state index in [1.54, 1.807) is 27.7 Å². The molecule has 0 bridgehead atoms. The Balaban J connectivity index is 1.82. The molecule has 0 amide bonds. The molecule has 0 saturated heterocycles. The van der Waals surface area contributed by atoms with Gasteiger partial charge in [0.15, 0.2) is 0 Å². The third-order valence-electron chi connectivity index (χ3n) is 5.89. The number of ether oxygens (including phenoxy) is 1. The SMILES string of the molecule is Cc1ccc2c(n1)Oc1nc(-c3ccc(C(C)(C)O)cc3)ccc1[C@H]2C(C)(C)C(=O)O. The molecule has 1 aromatic carbocycles. The van der Waals surface area contributed by atoms with E-state index in [-0.39, 0.29) is 0 Å². The lowest BCUT2D eigenvalue weighted by Crippen LogP contribution is -2.34. The summed E-state index contributed by atoms with van der Waals surface area (Å²) in [6.45, 7) is 8.77. The predicted molar refractivity (Wildman–Crippen MR) is 117 cm³/mol. The van der Waals surface area contributed by atoms with E-state index in [0.29, 0.717) is 17.5 Å². The van der Waals surface area contributed by atoms with Gasteiger partial charge in [0.2, 0.25) is 11.8 Å². The average Bonchev–Trinajstić information content (AvgIpc) is 2.70. The van der Waals surface area contributed by atoms with Crippen molar-refractivity contribution in [3.8, 4) is 23.0 Å². The molecule has 31 heavy (non-hydrogen) atoms. The number of rotatable bonds is 4. The molecule has 0 unspecified atom stereocenters. The molecule has 6 nitrogen and oxygen atoms in total. The molecule has 0 radical (unpaired) electrons. The maximum atomic E-state index is 12.1. The number of aliphatic hydroxyl groups is 1. The highest BCUT2D eigenvalue weighted by Gasteiger charge is 2.44. The average molecular weight is 418 g/mol. The van der Waals surface area contributed by atoms with Crippen LogP contribution in [0.4, 0.5) is 0 Å². The highest BCUT2D eigenvalue weighted by Crippen LogP contribution is 2.51. The number of nitrogens with zero attached hydrogens (tertiary/aromatic N) is 2. The summed E-state index contributed by atoms with van der Waals surface area (Å²) in [6, 6.07) is 15.1. The third kappa shape index (κ3) is 3.68. The summed E-state index contributed by atoms with van der Waals surface area (Å²) in [6.07, 6.45) is 0. The maximum absolute atomic E-state index is 12.1. The van der Waals surface area contributed by atoms with E-state index in [2.05, 4.69) is 4.98 Å². The second-order valence-electron chi connectivity index (χ2n) is 9.14. The minimum Gasteiger partial charge on any atom is -0.481 e. The standard InChI is InChI=1S/C25H26N2O4/c1-14-6-11-17-20(24(2,3)23(28)29)18-12-13-19(27-22(18)31-21(17)26-14)15-7-9-16(10-8-15)25(4,5)30/h6-13,20,30H,1-5H3,(H,28,29)/t20-/m0/s1. The first kappa shape index (κ1) is 21.0. The second-order valence-corrected chi connectivity index (χ2v) is 9.14. The fourth-order valence-electron chi connectivity index (χ4n) is 3.97. The van der Waals surface area contributed by atoms with Crippen LogP contribution in [0.1, 0.15) is 56.0 Å². The quantitative estimate of drug-likeness (QED) is 0.617. The normalized spacial score (nSPS) is 15.6. The number of aryl methyl sites for hydroxylation is 1. The third-order valence-corrected chi connectivity index (χ3v) is 5.89. The van der Waals surface area contributed by atoms with Gasteiger partial charge in [-0.15, -0.1) is 0 Å². The molecule has 0 fully saturated rings. The number of carboxylic acids is 1. The number of aliphatic carboxylic acids is 1. The van der Waals surface area contributed by atoms with Crippen LogP contribution in [0.3, 0.4) is 0 Å². The number of benzene rings is 1. The van der Waals surface area contributed by atoms with Crippen molar-refractivity contribution in [2.75, 3.05) is 0 Å². The van der Waals surface area contributed by atoms with Gasteiger partial charge >= 0.3 is 5.97 Å². The minimum absolute atomic E-state index is 0.369. The Hall–Kier alpha value is -3.25. The van der Waals surface area contributed by atoms with Crippen LogP contribution in [0.25, 0.3) is 11.3 Å². The summed E-state index contributed by atoms with van der Waals surface area (Å²) < 4.78 is 6.05. The zero-order valence-electron chi connectivity index (χ0n) is 18.3. The lowest BCUT2D eigenvalue weighted by Gasteiger charge is -2.35. The van der Waals surface area contributed by atoms with Crippen molar-refractivity contribution >= 4 is 5.97 Å². The molecule has 0 saturated carbocycles. The molecule has 1 atom stereocenters. The van der Waals surface area contributed by atoms with Gasteiger partial charge in [-0.1, -0.05) is 36.4 Å². The molecule has 2 aromatic heterocycles. The van der Waals surface area contributed by atoms with Crippen molar-refractivity contribution in [3.63, 3.8) is 0 Å². The van der Waals surface area contributed by atoms with Crippen LogP contribution in [0, 0.1) is 12.3 Å². The van der Waals surface area contributed by atoms with Gasteiger partial charge in [0.05, 0.1) is 16.7 Å². The Morgan fingerprint density at radius 3 is 2.06 bits per heavy atom. The van der Waals surface area contributed by atoms with Gasteiger partial charge in [0.1, 0.15) is 0 Å². The maximum Gasteiger partial charge on any atom is 0.310 e. The zero-order valence-corrected chi connectivity index (χ0v) is 18.3. The van der Waals surface area contributed by atoms with Crippen molar-refractivity contribution in [1.82, 2.24) is 9.97 Å². The number of carboxylic acid groups (broad SMARTS) is 1. The number of hydrogen-bond acceptors (Lipinski definition) is 5. The molecule has 0 spiro atoms. The molecule has 1 aliphatic heterocycles. The molecule has 4 rings (SSSR count). The monoisotopic (exact) mass is 418 g/mol. The lowest BCUT2D eigenvalue weighted by molar-refractivity contribution is -0.147. The van der Waals surface area contributed by atoms with E-state index in [4.69, 9.17) is 9.72 Å². The fraction of sp³-hybridized carbons (Fsp3) is 0.320. The molecule has 2 N–H and O–H groups in total. The van der Waals surface area contributed by atoms with Gasteiger partial charge in [-0.2, -0.15) is 0 Å². The van der Waals surface area contributed by atoms with Gasteiger partial charge in [0.25, 0.3) is 0 Å². The first-order valence-electron chi connectivity index (χ1n) is 10.2. The van der Waals surface area contributed by atoms with E-state index in [1.165, 1.54) is 0 Å². The first-order chi connectivity index (χ1) is 14.5. The minimum atomic E-state index is -1.08. The van der Waals surface area contributed by atoms with Crippen LogP contribution in [0.5, 0.6) is 11.8 Å². The number of hydrogen-bond donors (Lipinski definition) is 2. The van der Waals surface area contributed by atoms with Crippen molar-refractivity contribution < 1.29 is 19.7 Å². The smallest absolute Gasteiger partial charge is 0.310 e. The summed E-state index contributed by atoms with van der Waals surface area (Å²) >= 11 is 0. The Kier molecular flexibility index (Phi) is 4.85. The summed E-state index contributed by atoms with van der Waals surface area (Å²) in [4.78, 5) is 21.3. The molecule has 1 aliphatic rings. The van der Waals surface area contributed by atoms with E-state index >= 15 is 0 Å². The Morgan fingerprint density at radius 2 is 1.48 bits per heavy atom. The summed E-state index contributed by atoms with van der Waals surface area (Å²) in [7, 11) is 0. The topological polar surface area (TPSA) is 92.5 Å². The second kappa shape index (κ2) is 7.17. The molecular formula is C25H26N2O4. The molecule has 6 heteroatoms. The number of fused-ring (bicyclic) bond motifs is 2.